The lowest BCUT2D eigenvalue weighted by molar-refractivity contribution is 0.449. The van der Waals surface area contributed by atoms with Crippen LogP contribution in [0, 0.1) is 0 Å². The molecule has 0 bridgehead atoms. The quantitative estimate of drug-likeness (QED) is 0.329. The van der Waals surface area contributed by atoms with E-state index in [1.54, 1.807) is 10.4 Å². The van der Waals surface area contributed by atoms with E-state index in [9.17, 15) is 0 Å². The molecule has 0 unspecified atom stereocenters. The minimum absolute atomic E-state index is 0.825. The van der Waals surface area contributed by atoms with Crippen molar-refractivity contribution in [3.63, 3.8) is 0 Å². The molecule has 3 heteroatoms. The normalized spacial score (nSPS) is 23.5. The molecule has 2 aromatic carbocycles. The minimum Gasteiger partial charge on any atom is -0.448 e. The van der Waals surface area contributed by atoms with Crippen LogP contribution in [0.5, 0.6) is 0 Å². The van der Waals surface area contributed by atoms with Gasteiger partial charge in [0.15, 0.2) is 0 Å². The summed E-state index contributed by atoms with van der Waals surface area (Å²) in [7, 11) is -4.39. The van der Waals surface area contributed by atoms with Crippen molar-refractivity contribution in [2.75, 3.05) is 0 Å². The topological polar surface area (TPSA) is 9.23 Å². The van der Waals surface area contributed by atoms with E-state index in [1.807, 2.05) is 0 Å². The Bertz CT molecular complexity index is 811. The number of benzene rings is 2. The molecule has 188 valence electrons. The van der Waals surface area contributed by atoms with Gasteiger partial charge in [0.05, 0.1) is 0 Å². The van der Waals surface area contributed by atoms with Gasteiger partial charge < -0.3 is 4.12 Å². The Morgan fingerprint density at radius 2 is 0.657 bits per heavy atom. The Kier molecular flexibility index (Phi) is 7.38. The van der Waals surface area contributed by atoms with Crippen molar-refractivity contribution in [1.82, 2.24) is 0 Å². The van der Waals surface area contributed by atoms with E-state index in [-0.39, 0.29) is 0 Å². The molecule has 0 spiro atoms. The molecule has 35 heavy (non-hydrogen) atoms. The second-order valence-corrected chi connectivity index (χ2v) is 20.8. The fourth-order valence-corrected chi connectivity index (χ4v) is 24.7. The standard InChI is InChI=1S/C32H46OSi2/c1-3-15-27(16-4-1)34(29-19-7-8-20-29,30-21-9-10-22-30)33-35(31-23-11-12-24-31,32-25-13-14-26-32)28-17-5-2-6-18-28/h1-6,15-18,29-32H,7-14,19-26H2. The summed E-state index contributed by atoms with van der Waals surface area (Å²) < 4.78 is 8.61. The zero-order valence-electron chi connectivity index (χ0n) is 21.8. The first-order valence-electron chi connectivity index (χ1n) is 15.2. The van der Waals surface area contributed by atoms with E-state index < -0.39 is 16.6 Å². The van der Waals surface area contributed by atoms with Crippen molar-refractivity contribution >= 4 is 27.0 Å². The van der Waals surface area contributed by atoms with Crippen LogP contribution in [-0.4, -0.2) is 16.6 Å². The molecule has 4 fully saturated rings. The van der Waals surface area contributed by atoms with Gasteiger partial charge in [0.1, 0.15) is 0 Å². The lowest BCUT2D eigenvalue weighted by atomic mass is 10.3. The Labute approximate surface area is 216 Å². The summed E-state index contributed by atoms with van der Waals surface area (Å²) in [6.45, 7) is 0. The van der Waals surface area contributed by atoms with E-state index in [0.717, 1.165) is 22.2 Å². The van der Waals surface area contributed by atoms with Gasteiger partial charge in [0.2, 0.25) is 16.6 Å². The lowest BCUT2D eigenvalue weighted by Gasteiger charge is -2.53. The third kappa shape index (κ3) is 4.34. The zero-order valence-corrected chi connectivity index (χ0v) is 23.8. The van der Waals surface area contributed by atoms with Gasteiger partial charge in [-0.25, -0.2) is 0 Å². The highest BCUT2D eigenvalue weighted by Gasteiger charge is 2.61. The van der Waals surface area contributed by atoms with Crippen LogP contribution in [0.1, 0.15) is 103 Å². The summed E-state index contributed by atoms with van der Waals surface area (Å²) in [4.78, 5) is 0. The number of hydrogen-bond donors (Lipinski definition) is 0. The van der Waals surface area contributed by atoms with E-state index in [1.165, 1.54) is 103 Å². The molecule has 0 aromatic heterocycles. The number of rotatable bonds is 8. The first-order valence-corrected chi connectivity index (χ1v) is 19.3. The van der Waals surface area contributed by atoms with Crippen LogP contribution >= 0.6 is 0 Å². The van der Waals surface area contributed by atoms with Crippen LogP contribution in [0.4, 0.5) is 0 Å². The van der Waals surface area contributed by atoms with E-state index in [2.05, 4.69) is 60.7 Å². The van der Waals surface area contributed by atoms with Crippen LogP contribution in [-0.2, 0) is 4.12 Å². The molecule has 1 nitrogen and oxygen atoms in total. The van der Waals surface area contributed by atoms with E-state index >= 15 is 0 Å². The summed E-state index contributed by atoms with van der Waals surface area (Å²) in [5.74, 6) is 0. The summed E-state index contributed by atoms with van der Waals surface area (Å²) in [6, 6.07) is 23.9. The van der Waals surface area contributed by atoms with Crippen molar-refractivity contribution in [2.24, 2.45) is 0 Å². The molecule has 0 saturated heterocycles. The van der Waals surface area contributed by atoms with Crippen molar-refractivity contribution in [2.45, 2.75) is 125 Å². The Hall–Kier alpha value is -1.17. The monoisotopic (exact) mass is 502 g/mol. The maximum atomic E-state index is 8.61. The van der Waals surface area contributed by atoms with Crippen LogP contribution in [0.3, 0.4) is 0 Å². The van der Waals surface area contributed by atoms with Gasteiger partial charge in [-0.05, 0) is 32.5 Å². The second-order valence-electron chi connectivity index (χ2n) is 12.3. The highest BCUT2D eigenvalue weighted by Crippen LogP contribution is 2.57. The zero-order chi connectivity index (χ0) is 23.6. The molecule has 6 rings (SSSR count). The van der Waals surface area contributed by atoms with E-state index in [0.29, 0.717) is 0 Å². The van der Waals surface area contributed by atoms with Gasteiger partial charge in [-0.2, -0.15) is 0 Å². The number of hydrogen-bond acceptors (Lipinski definition) is 1. The smallest absolute Gasteiger partial charge is 0.218 e. The van der Waals surface area contributed by atoms with Crippen LogP contribution < -0.4 is 10.4 Å². The summed E-state index contributed by atoms with van der Waals surface area (Å²) >= 11 is 0. The van der Waals surface area contributed by atoms with Crippen molar-refractivity contribution in [3.8, 4) is 0 Å². The molecular formula is C32H46OSi2. The predicted molar refractivity (Wildman–Crippen MR) is 154 cm³/mol. The van der Waals surface area contributed by atoms with Gasteiger partial charge >= 0.3 is 0 Å². The van der Waals surface area contributed by atoms with Gasteiger partial charge in [0.25, 0.3) is 0 Å². The SMILES string of the molecule is c1ccc([Si](O[Si](c2ccccc2)(C2CCCC2)C2CCCC2)(C2CCCC2)C2CCCC2)cc1. The molecule has 2 aromatic rings. The van der Waals surface area contributed by atoms with Crippen LogP contribution in [0.15, 0.2) is 60.7 Å². The van der Waals surface area contributed by atoms with E-state index in [4.69, 9.17) is 4.12 Å². The third-order valence-corrected chi connectivity index (χ3v) is 23.0. The third-order valence-electron chi connectivity index (χ3n) is 10.6. The molecule has 4 aliphatic carbocycles. The lowest BCUT2D eigenvalue weighted by Crippen LogP contribution is -2.69. The maximum absolute atomic E-state index is 8.61. The molecule has 0 aliphatic heterocycles. The van der Waals surface area contributed by atoms with Gasteiger partial charge in [0, 0.05) is 0 Å². The van der Waals surface area contributed by atoms with Crippen molar-refractivity contribution < 1.29 is 4.12 Å². The Morgan fingerprint density at radius 1 is 0.400 bits per heavy atom. The molecule has 0 heterocycles. The molecule has 0 amide bonds. The Balaban J connectivity index is 1.57. The average Bonchev–Trinajstić information content (AvgIpc) is 3.75. The summed E-state index contributed by atoms with van der Waals surface area (Å²) in [5, 5.41) is 3.34. The maximum Gasteiger partial charge on any atom is 0.218 e. The van der Waals surface area contributed by atoms with Gasteiger partial charge in [-0.15, -0.1) is 0 Å². The average molecular weight is 503 g/mol. The Morgan fingerprint density at radius 3 is 0.914 bits per heavy atom. The molecule has 0 N–H and O–H groups in total. The fraction of sp³-hybridized carbons (Fsp3) is 0.625. The summed E-state index contributed by atoms with van der Waals surface area (Å²) in [6.07, 6.45) is 22.8. The summed E-state index contributed by atoms with van der Waals surface area (Å²) in [5.41, 5.74) is 3.30. The largest absolute Gasteiger partial charge is 0.448 e. The first-order chi connectivity index (χ1) is 17.3. The van der Waals surface area contributed by atoms with Crippen LogP contribution in [0.2, 0.25) is 22.2 Å². The van der Waals surface area contributed by atoms with Crippen LogP contribution in [0.25, 0.3) is 0 Å². The van der Waals surface area contributed by atoms with Gasteiger partial charge in [-0.1, -0.05) is 163 Å². The highest BCUT2D eigenvalue weighted by molar-refractivity contribution is 7.01. The molecule has 4 aliphatic rings. The predicted octanol–water partition coefficient (Wildman–Crippen LogP) is 8.49. The second kappa shape index (κ2) is 10.7. The fourth-order valence-electron chi connectivity index (χ4n) is 9.16. The molecular weight excluding hydrogens is 457 g/mol. The van der Waals surface area contributed by atoms with Crippen molar-refractivity contribution in [1.29, 1.82) is 0 Å². The minimum atomic E-state index is -2.20. The highest BCUT2D eigenvalue weighted by atomic mass is 28.4. The first kappa shape index (κ1) is 24.2. The van der Waals surface area contributed by atoms with Crippen molar-refractivity contribution in [3.05, 3.63) is 60.7 Å². The molecule has 4 saturated carbocycles. The van der Waals surface area contributed by atoms with Gasteiger partial charge in [-0.3, -0.25) is 0 Å². The molecule has 0 atom stereocenters. The molecule has 0 radical (unpaired) electrons.